The van der Waals surface area contributed by atoms with E-state index >= 15 is 0 Å². The van der Waals surface area contributed by atoms with Gasteiger partial charge in [-0.25, -0.2) is 0 Å². The normalized spacial score (nSPS) is 9.39. The molecular formula is C18H17Cl2OPRu. The third kappa shape index (κ3) is 9.21. The standard InChI is InChI=1S/C12H11OP.C6H6.2ClH.Ru/c13-14(11-7-3-1-4-8-11)12-9-5-2-6-10-12;1-2-4-6-5-3-1;;;/h1-10,13H;1-6H;2*1H;/q;;;;+2/p-2. The topological polar surface area (TPSA) is 20.2 Å². The summed E-state index contributed by atoms with van der Waals surface area (Å²) < 4.78 is 0. The smallest absolute Gasteiger partial charge is 0.0623 e. The average Bonchev–Trinajstić information content (AvgIpc) is 2.65. The van der Waals surface area contributed by atoms with Gasteiger partial charge >= 0.3 is 34.5 Å². The molecular weight excluding hydrogens is 435 g/mol. The van der Waals surface area contributed by atoms with Crippen LogP contribution in [0.15, 0.2) is 97.1 Å². The second kappa shape index (κ2) is 13.7. The number of benzene rings is 3. The quantitative estimate of drug-likeness (QED) is 0.425. The molecule has 0 radical (unpaired) electrons. The first-order valence-electron chi connectivity index (χ1n) is 6.74. The minimum absolute atomic E-state index is 0.346. The Labute approximate surface area is 154 Å². The Bertz CT molecular complexity index is 546. The summed E-state index contributed by atoms with van der Waals surface area (Å²) in [6, 6.07) is 31.5. The van der Waals surface area contributed by atoms with E-state index in [9.17, 15) is 4.89 Å². The van der Waals surface area contributed by atoms with Gasteiger partial charge in [0.25, 0.3) is 0 Å². The van der Waals surface area contributed by atoms with E-state index in [1.165, 1.54) is 0 Å². The molecule has 0 aliphatic carbocycles. The fourth-order valence-electron chi connectivity index (χ4n) is 1.67. The summed E-state index contributed by atoms with van der Waals surface area (Å²) in [7, 11) is 8.54. The molecule has 0 atom stereocenters. The minimum atomic E-state index is -1.17. The van der Waals surface area contributed by atoms with Crippen LogP contribution in [-0.4, -0.2) is 4.89 Å². The fourth-order valence-corrected chi connectivity index (χ4v) is 2.88. The summed E-state index contributed by atoms with van der Waals surface area (Å²) >= 11 is -0.346. The Morgan fingerprint density at radius 2 is 0.783 bits per heavy atom. The van der Waals surface area contributed by atoms with Gasteiger partial charge in [-0.3, -0.25) is 0 Å². The van der Waals surface area contributed by atoms with Crippen LogP contribution in [-0.2, 0) is 15.1 Å². The van der Waals surface area contributed by atoms with Crippen LogP contribution in [0.3, 0.4) is 0 Å². The Morgan fingerprint density at radius 1 is 0.565 bits per heavy atom. The molecule has 0 amide bonds. The summed E-state index contributed by atoms with van der Waals surface area (Å²) in [4.78, 5) is 10.1. The summed E-state index contributed by atoms with van der Waals surface area (Å²) in [6.07, 6.45) is 0. The van der Waals surface area contributed by atoms with Crippen LogP contribution in [0.25, 0.3) is 0 Å². The maximum atomic E-state index is 10.1. The first-order valence-corrected chi connectivity index (χ1v) is 12.5. The van der Waals surface area contributed by atoms with E-state index in [0.29, 0.717) is 0 Å². The van der Waals surface area contributed by atoms with Gasteiger partial charge in [-0.05, 0) is 0 Å². The van der Waals surface area contributed by atoms with E-state index in [1.807, 2.05) is 97.1 Å². The molecule has 0 fully saturated rings. The zero-order chi connectivity index (χ0) is 16.8. The SMILES string of the molecule is OP(c1ccccc1)c1ccccc1.[Cl][Ru][Cl].c1ccccc1. The zero-order valence-electron chi connectivity index (χ0n) is 12.2. The van der Waals surface area contributed by atoms with Crippen LogP contribution >= 0.6 is 27.5 Å². The van der Waals surface area contributed by atoms with Gasteiger partial charge in [-0.1, -0.05) is 97.1 Å². The molecule has 0 saturated heterocycles. The molecule has 0 spiro atoms. The first kappa shape index (κ1) is 20.3. The number of hydrogen-bond acceptors (Lipinski definition) is 1. The second-order valence-corrected chi connectivity index (χ2v) is 8.48. The van der Waals surface area contributed by atoms with Crippen molar-refractivity contribution in [2.24, 2.45) is 0 Å². The fraction of sp³-hybridized carbons (Fsp3) is 0. The third-order valence-electron chi connectivity index (χ3n) is 2.67. The molecule has 1 nitrogen and oxygen atoms in total. The van der Waals surface area contributed by atoms with E-state index < -0.39 is 8.15 Å². The van der Waals surface area contributed by atoms with Crippen molar-refractivity contribution in [3.8, 4) is 0 Å². The minimum Gasteiger partial charge on any atom is -0.0623 e. The maximum Gasteiger partial charge on any atom is -0.0623 e. The van der Waals surface area contributed by atoms with Crippen LogP contribution in [0.2, 0.25) is 0 Å². The molecule has 0 aliphatic rings. The van der Waals surface area contributed by atoms with Crippen molar-refractivity contribution in [3.05, 3.63) is 97.1 Å². The van der Waals surface area contributed by atoms with Crippen molar-refractivity contribution >= 4 is 38.1 Å². The summed E-state index contributed by atoms with van der Waals surface area (Å²) in [6.45, 7) is 0. The van der Waals surface area contributed by atoms with Crippen molar-refractivity contribution in [1.82, 2.24) is 0 Å². The maximum absolute atomic E-state index is 10.1. The number of hydrogen-bond donors (Lipinski definition) is 1. The van der Waals surface area contributed by atoms with Gasteiger partial charge in [-0.15, -0.1) is 0 Å². The molecule has 3 aromatic carbocycles. The van der Waals surface area contributed by atoms with Crippen molar-refractivity contribution < 1.29 is 20.0 Å². The molecule has 3 aromatic rings. The molecule has 0 aromatic heterocycles. The molecule has 3 rings (SSSR count). The van der Waals surface area contributed by atoms with Gasteiger partial charge in [-0.2, -0.15) is 0 Å². The predicted molar refractivity (Wildman–Crippen MR) is 99.4 cm³/mol. The van der Waals surface area contributed by atoms with Gasteiger partial charge in [0.1, 0.15) is 0 Å². The van der Waals surface area contributed by atoms with E-state index in [0.717, 1.165) is 10.6 Å². The molecule has 0 heterocycles. The van der Waals surface area contributed by atoms with Crippen molar-refractivity contribution in [1.29, 1.82) is 0 Å². The Balaban J connectivity index is 0.000000244. The zero-order valence-corrected chi connectivity index (χ0v) is 16.4. The number of rotatable bonds is 2. The monoisotopic (exact) mass is 452 g/mol. The van der Waals surface area contributed by atoms with Crippen molar-refractivity contribution in [2.45, 2.75) is 0 Å². The average molecular weight is 452 g/mol. The van der Waals surface area contributed by atoms with E-state index in [-0.39, 0.29) is 15.1 Å². The summed E-state index contributed by atoms with van der Waals surface area (Å²) in [5.74, 6) is 0. The Morgan fingerprint density at radius 3 is 1.04 bits per heavy atom. The second-order valence-electron chi connectivity index (χ2n) is 4.19. The number of halogens is 2. The molecule has 23 heavy (non-hydrogen) atoms. The van der Waals surface area contributed by atoms with Crippen molar-refractivity contribution in [2.75, 3.05) is 0 Å². The van der Waals surface area contributed by atoms with Gasteiger partial charge in [0.15, 0.2) is 0 Å². The Kier molecular flexibility index (Phi) is 12.1. The van der Waals surface area contributed by atoms with Crippen LogP contribution in [0.1, 0.15) is 0 Å². The molecule has 0 unspecified atom stereocenters. The van der Waals surface area contributed by atoms with Crippen LogP contribution < -0.4 is 10.6 Å². The van der Waals surface area contributed by atoms with Gasteiger partial charge in [0.05, 0.1) is 8.15 Å². The molecule has 0 bridgehead atoms. The van der Waals surface area contributed by atoms with Gasteiger partial charge in [0, 0.05) is 10.6 Å². The van der Waals surface area contributed by atoms with Crippen LogP contribution in [0, 0.1) is 0 Å². The largest absolute Gasteiger partial charge is 0.0623 e. The van der Waals surface area contributed by atoms with E-state index in [1.54, 1.807) is 0 Å². The molecule has 0 aliphatic heterocycles. The summed E-state index contributed by atoms with van der Waals surface area (Å²) in [5.41, 5.74) is 0. The Hall–Kier alpha value is -0.747. The van der Waals surface area contributed by atoms with Gasteiger partial charge < -0.3 is 4.89 Å². The molecule has 5 heteroatoms. The van der Waals surface area contributed by atoms with E-state index in [4.69, 9.17) is 19.4 Å². The summed E-state index contributed by atoms with van der Waals surface area (Å²) in [5, 5.41) is 1.99. The molecule has 122 valence electrons. The predicted octanol–water partition coefficient (Wildman–Crippen LogP) is 5.09. The van der Waals surface area contributed by atoms with E-state index in [2.05, 4.69) is 0 Å². The molecule has 0 saturated carbocycles. The first-order chi connectivity index (χ1) is 11.3. The van der Waals surface area contributed by atoms with Crippen LogP contribution in [0.4, 0.5) is 0 Å². The van der Waals surface area contributed by atoms with Gasteiger partial charge in [0.2, 0.25) is 0 Å². The molecule has 1 N–H and O–H groups in total. The van der Waals surface area contributed by atoms with Crippen molar-refractivity contribution in [3.63, 3.8) is 0 Å². The third-order valence-corrected chi connectivity index (χ3v) is 4.24. The van der Waals surface area contributed by atoms with Crippen LogP contribution in [0.5, 0.6) is 0 Å².